The molecule has 1 aromatic rings. The van der Waals surface area contributed by atoms with Gasteiger partial charge in [-0.15, -0.1) is 4.72 Å². The van der Waals surface area contributed by atoms with Gasteiger partial charge in [-0.25, -0.2) is 0 Å². The largest absolute Gasteiger partial charge is 0.598 e. The van der Waals surface area contributed by atoms with E-state index in [1.54, 1.807) is 24.3 Å². The smallest absolute Gasteiger partial charge is 0.136 e. The van der Waals surface area contributed by atoms with Crippen molar-refractivity contribution in [3.05, 3.63) is 45.5 Å². The second-order valence-corrected chi connectivity index (χ2v) is 9.07. The van der Waals surface area contributed by atoms with Crippen molar-refractivity contribution >= 4 is 46.3 Å². The van der Waals surface area contributed by atoms with Gasteiger partial charge in [0, 0.05) is 27.1 Å². The molecule has 0 saturated carbocycles. The number of allylic oxidation sites excluding steroid dienone is 1. The SMILES string of the molecule is C/C=C(Cl)\C(=C/c1cc(Cl)ccc1N)[C@H](C)N[S+]([O-])C(C)(C)C. The number of hydrogen-bond donors (Lipinski definition) is 2. The molecule has 0 radical (unpaired) electrons. The predicted molar refractivity (Wildman–Crippen MR) is 104 cm³/mol. The second-order valence-electron chi connectivity index (χ2n) is 6.23. The van der Waals surface area contributed by atoms with E-state index in [1.807, 2.05) is 40.7 Å². The van der Waals surface area contributed by atoms with Gasteiger partial charge in [0.25, 0.3) is 0 Å². The lowest BCUT2D eigenvalue weighted by atomic mass is 10.0. The minimum Gasteiger partial charge on any atom is -0.598 e. The van der Waals surface area contributed by atoms with Crippen LogP contribution in [0, 0.1) is 0 Å². The molecule has 6 heteroatoms. The van der Waals surface area contributed by atoms with Crippen molar-refractivity contribution < 1.29 is 4.55 Å². The molecule has 1 aromatic carbocycles. The number of nitrogens with two attached hydrogens (primary N) is 1. The first-order chi connectivity index (χ1) is 10.6. The third-order valence-electron chi connectivity index (χ3n) is 3.20. The monoisotopic (exact) mass is 374 g/mol. The summed E-state index contributed by atoms with van der Waals surface area (Å²) in [5, 5.41) is 1.18. The van der Waals surface area contributed by atoms with Crippen LogP contribution in [0.25, 0.3) is 6.08 Å². The van der Waals surface area contributed by atoms with E-state index >= 15 is 0 Å². The highest BCUT2D eigenvalue weighted by Crippen LogP contribution is 2.27. The Morgan fingerprint density at radius 1 is 1.39 bits per heavy atom. The molecule has 128 valence electrons. The lowest BCUT2D eigenvalue weighted by Gasteiger charge is -2.27. The number of benzene rings is 1. The summed E-state index contributed by atoms with van der Waals surface area (Å²) in [6.07, 6.45) is 3.67. The van der Waals surface area contributed by atoms with Crippen LogP contribution in [0.5, 0.6) is 0 Å². The highest BCUT2D eigenvalue weighted by Gasteiger charge is 2.29. The zero-order valence-electron chi connectivity index (χ0n) is 14.1. The van der Waals surface area contributed by atoms with Crippen LogP contribution in [0.4, 0.5) is 5.69 Å². The Morgan fingerprint density at radius 2 is 2.00 bits per heavy atom. The Bertz CT molecular complexity index is 609. The zero-order chi connectivity index (χ0) is 17.8. The van der Waals surface area contributed by atoms with E-state index in [0.29, 0.717) is 15.7 Å². The van der Waals surface area contributed by atoms with Gasteiger partial charge in [0.2, 0.25) is 0 Å². The number of nitrogens with one attached hydrogen (secondary N) is 1. The van der Waals surface area contributed by atoms with Gasteiger partial charge in [0.1, 0.15) is 4.75 Å². The van der Waals surface area contributed by atoms with E-state index in [9.17, 15) is 4.55 Å². The fourth-order valence-electron chi connectivity index (χ4n) is 1.81. The molecule has 2 atom stereocenters. The minimum atomic E-state index is -1.21. The van der Waals surface area contributed by atoms with Gasteiger partial charge < -0.3 is 10.3 Å². The third-order valence-corrected chi connectivity index (χ3v) is 5.55. The summed E-state index contributed by atoms with van der Waals surface area (Å²) in [7, 11) is 0. The maximum absolute atomic E-state index is 12.3. The second kappa shape index (κ2) is 8.45. The van der Waals surface area contributed by atoms with Gasteiger partial charge in [-0.3, -0.25) is 0 Å². The molecule has 0 aliphatic heterocycles. The molecule has 3 N–H and O–H groups in total. The average Bonchev–Trinajstić information content (AvgIpc) is 2.46. The molecule has 0 bridgehead atoms. The highest BCUT2D eigenvalue weighted by atomic mass is 35.5. The summed E-state index contributed by atoms with van der Waals surface area (Å²) in [5.41, 5.74) is 8.20. The van der Waals surface area contributed by atoms with Crippen LogP contribution in [-0.4, -0.2) is 15.3 Å². The molecule has 0 fully saturated rings. The molecule has 23 heavy (non-hydrogen) atoms. The van der Waals surface area contributed by atoms with E-state index in [2.05, 4.69) is 4.72 Å². The minimum absolute atomic E-state index is 0.211. The van der Waals surface area contributed by atoms with Crippen molar-refractivity contribution in [2.45, 2.75) is 45.4 Å². The molecule has 0 saturated heterocycles. The third kappa shape index (κ3) is 6.05. The fraction of sp³-hybridized carbons (Fsp3) is 0.412. The molecule has 0 amide bonds. The summed E-state index contributed by atoms with van der Waals surface area (Å²) in [4.78, 5) is 0. The Kier molecular flexibility index (Phi) is 7.49. The first-order valence-electron chi connectivity index (χ1n) is 7.33. The summed E-state index contributed by atoms with van der Waals surface area (Å²) in [6.45, 7) is 9.52. The van der Waals surface area contributed by atoms with Gasteiger partial charge in [-0.1, -0.05) is 29.3 Å². The van der Waals surface area contributed by atoms with Gasteiger partial charge in [0.05, 0.1) is 6.04 Å². The molecule has 0 spiro atoms. The number of anilines is 1. The molecule has 1 unspecified atom stereocenters. The summed E-state index contributed by atoms with van der Waals surface area (Å²) >= 11 is 11.2. The van der Waals surface area contributed by atoms with Crippen LogP contribution >= 0.6 is 23.2 Å². The maximum Gasteiger partial charge on any atom is 0.136 e. The topological polar surface area (TPSA) is 61.1 Å². The molecule has 0 aromatic heterocycles. The van der Waals surface area contributed by atoms with E-state index in [0.717, 1.165) is 11.1 Å². The molecule has 1 rings (SSSR count). The fourth-order valence-corrected chi connectivity index (χ4v) is 3.01. The normalized spacial score (nSPS) is 16.3. The Hall–Kier alpha value is -0.650. The van der Waals surface area contributed by atoms with Crippen molar-refractivity contribution in [3.8, 4) is 0 Å². The van der Waals surface area contributed by atoms with Crippen LogP contribution in [0.1, 0.15) is 40.2 Å². The quantitative estimate of drug-likeness (QED) is 0.438. The number of hydrogen-bond acceptors (Lipinski definition) is 3. The predicted octanol–water partition coefficient (Wildman–Crippen LogP) is 4.89. The van der Waals surface area contributed by atoms with Crippen molar-refractivity contribution in [2.75, 3.05) is 5.73 Å². The number of rotatable bonds is 5. The molecule has 0 heterocycles. The molecular formula is C17H24Cl2N2OS. The van der Waals surface area contributed by atoms with E-state index in [1.165, 1.54) is 0 Å². The molecular weight excluding hydrogens is 351 g/mol. The maximum atomic E-state index is 12.3. The first-order valence-corrected chi connectivity index (χ1v) is 9.23. The summed E-state index contributed by atoms with van der Waals surface area (Å²) in [5.74, 6) is 0. The van der Waals surface area contributed by atoms with Crippen LogP contribution in [0.2, 0.25) is 5.02 Å². The van der Waals surface area contributed by atoms with Crippen LogP contribution < -0.4 is 10.5 Å². The zero-order valence-corrected chi connectivity index (χ0v) is 16.4. The van der Waals surface area contributed by atoms with Gasteiger partial charge >= 0.3 is 0 Å². The van der Waals surface area contributed by atoms with Crippen molar-refractivity contribution in [2.24, 2.45) is 0 Å². The lowest BCUT2D eigenvalue weighted by molar-refractivity contribution is 0.537. The number of halogens is 2. The summed E-state index contributed by atoms with van der Waals surface area (Å²) in [6, 6.07) is 5.06. The van der Waals surface area contributed by atoms with E-state index < -0.39 is 11.4 Å². The highest BCUT2D eigenvalue weighted by molar-refractivity contribution is 7.90. The van der Waals surface area contributed by atoms with Crippen LogP contribution in [0.15, 0.2) is 34.9 Å². The van der Waals surface area contributed by atoms with Gasteiger partial charge in [-0.2, -0.15) is 0 Å². The molecule has 0 aliphatic carbocycles. The van der Waals surface area contributed by atoms with Crippen LogP contribution in [0.3, 0.4) is 0 Å². The Morgan fingerprint density at radius 3 is 2.52 bits per heavy atom. The average molecular weight is 375 g/mol. The van der Waals surface area contributed by atoms with Gasteiger partial charge in [0.15, 0.2) is 0 Å². The van der Waals surface area contributed by atoms with Crippen LogP contribution in [-0.2, 0) is 11.4 Å². The van der Waals surface area contributed by atoms with E-state index in [4.69, 9.17) is 28.9 Å². The molecule has 3 nitrogen and oxygen atoms in total. The van der Waals surface area contributed by atoms with E-state index in [-0.39, 0.29) is 10.8 Å². The van der Waals surface area contributed by atoms with Crippen molar-refractivity contribution in [1.29, 1.82) is 0 Å². The Balaban J connectivity index is 3.19. The van der Waals surface area contributed by atoms with Gasteiger partial charge in [-0.05, 0) is 70.0 Å². The van der Waals surface area contributed by atoms with Crippen molar-refractivity contribution in [1.82, 2.24) is 4.72 Å². The first kappa shape index (κ1) is 20.4. The lowest BCUT2D eigenvalue weighted by Crippen LogP contribution is -2.44. The number of nitrogen functional groups attached to an aromatic ring is 1. The Labute approximate surface area is 152 Å². The van der Waals surface area contributed by atoms with Crippen molar-refractivity contribution in [3.63, 3.8) is 0 Å². The summed E-state index contributed by atoms with van der Waals surface area (Å²) < 4.78 is 15.1. The standard InChI is InChI=1S/C17H24Cl2N2OS/c1-6-15(19)14(11(2)21-23(22)17(3,4)5)10-12-9-13(18)7-8-16(12)20/h6-11,21H,20H2,1-5H3/b14-10-,15-6+/t11-,23?/m0/s1. The molecule has 0 aliphatic rings.